The molecular formula is C25H31NO4. The lowest BCUT2D eigenvalue weighted by Gasteiger charge is -2.33. The van der Waals surface area contributed by atoms with Gasteiger partial charge in [0.15, 0.2) is 11.5 Å². The summed E-state index contributed by atoms with van der Waals surface area (Å²) >= 11 is 0. The van der Waals surface area contributed by atoms with E-state index in [1.165, 1.54) is 11.1 Å². The van der Waals surface area contributed by atoms with Crippen molar-refractivity contribution in [1.82, 2.24) is 4.90 Å². The Morgan fingerprint density at radius 2 is 1.73 bits per heavy atom. The standard InChI is InChI=1S/C25H31NO4/c1-18-5-3-6-19(2)25(18)30-21-11-13-26(14-12-21)24(27)10-8-20-7-9-22-23(17-20)29-16-4-15-28-22/h3,5-7,9,17,21H,4,8,10-16H2,1-2H3. The number of para-hydroxylation sites is 1. The fraction of sp³-hybridized carbons (Fsp3) is 0.480. The second kappa shape index (κ2) is 9.41. The van der Waals surface area contributed by atoms with E-state index in [9.17, 15) is 4.79 Å². The van der Waals surface area contributed by atoms with E-state index in [-0.39, 0.29) is 12.0 Å². The van der Waals surface area contributed by atoms with Gasteiger partial charge in [-0.3, -0.25) is 4.79 Å². The van der Waals surface area contributed by atoms with Crippen molar-refractivity contribution in [3.05, 3.63) is 53.1 Å². The van der Waals surface area contributed by atoms with E-state index >= 15 is 0 Å². The molecule has 0 N–H and O–H groups in total. The topological polar surface area (TPSA) is 48.0 Å². The van der Waals surface area contributed by atoms with Crippen LogP contribution in [0.2, 0.25) is 0 Å². The molecule has 5 heteroatoms. The highest BCUT2D eigenvalue weighted by Gasteiger charge is 2.24. The Balaban J connectivity index is 1.26. The Hall–Kier alpha value is -2.69. The summed E-state index contributed by atoms with van der Waals surface area (Å²) < 4.78 is 17.7. The number of aryl methyl sites for hydroxylation is 3. The zero-order chi connectivity index (χ0) is 20.9. The SMILES string of the molecule is Cc1cccc(C)c1OC1CCN(C(=O)CCc2ccc3c(c2)OCCCO3)CC1. The maximum absolute atomic E-state index is 12.7. The normalized spacial score (nSPS) is 16.8. The Bertz CT molecular complexity index is 866. The fourth-order valence-corrected chi connectivity index (χ4v) is 4.15. The molecule has 2 aliphatic rings. The van der Waals surface area contributed by atoms with Crippen LogP contribution < -0.4 is 14.2 Å². The molecule has 0 atom stereocenters. The first kappa shape index (κ1) is 20.6. The van der Waals surface area contributed by atoms with Crippen LogP contribution in [0.4, 0.5) is 0 Å². The number of carbonyl (C=O) groups excluding carboxylic acids is 1. The zero-order valence-electron chi connectivity index (χ0n) is 18.0. The number of fused-ring (bicyclic) bond motifs is 1. The van der Waals surface area contributed by atoms with Crippen LogP contribution in [-0.4, -0.2) is 43.2 Å². The van der Waals surface area contributed by atoms with Crippen LogP contribution in [-0.2, 0) is 11.2 Å². The van der Waals surface area contributed by atoms with E-state index < -0.39 is 0 Å². The third-order valence-electron chi connectivity index (χ3n) is 5.93. The molecule has 1 fully saturated rings. The monoisotopic (exact) mass is 409 g/mol. The van der Waals surface area contributed by atoms with E-state index in [0.717, 1.165) is 55.2 Å². The molecule has 0 spiro atoms. The molecular weight excluding hydrogens is 378 g/mol. The van der Waals surface area contributed by atoms with Gasteiger partial charge in [-0.05, 0) is 49.1 Å². The summed E-state index contributed by atoms with van der Waals surface area (Å²) in [4.78, 5) is 14.7. The summed E-state index contributed by atoms with van der Waals surface area (Å²) in [7, 11) is 0. The summed E-state index contributed by atoms with van der Waals surface area (Å²) in [6.07, 6.45) is 4.06. The van der Waals surface area contributed by atoms with Crippen molar-refractivity contribution in [2.75, 3.05) is 26.3 Å². The molecule has 0 radical (unpaired) electrons. The van der Waals surface area contributed by atoms with Crippen molar-refractivity contribution in [3.8, 4) is 17.2 Å². The van der Waals surface area contributed by atoms with Gasteiger partial charge in [0.2, 0.25) is 5.91 Å². The van der Waals surface area contributed by atoms with Crippen LogP contribution in [0, 0.1) is 13.8 Å². The lowest BCUT2D eigenvalue weighted by Crippen LogP contribution is -2.42. The molecule has 1 saturated heterocycles. The molecule has 1 amide bonds. The van der Waals surface area contributed by atoms with E-state index in [0.29, 0.717) is 26.1 Å². The van der Waals surface area contributed by atoms with Gasteiger partial charge < -0.3 is 19.1 Å². The van der Waals surface area contributed by atoms with Gasteiger partial charge in [-0.2, -0.15) is 0 Å². The molecule has 30 heavy (non-hydrogen) atoms. The zero-order valence-corrected chi connectivity index (χ0v) is 18.0. The van der Waals surface area contributed by atoms with Gasteiger partial charge in [0.05, 0.1) is 13.2 Å². The van der Waals surface area contributed by atoms with Crippen LogP contribution in [0.1, 0.15) is 42.4 Å². The Morgan fingerprint density at radius 3 is 2.47 bits per heavy atom. The van der Waals surface area contributed by atoms with Crippen LogP contribution in [0.5, 0.6) is 17.2 Å². The van der Waals surface area contributed by atoms with Gasteiger partial charge in [0.25, 0.3) is 0 Å². The smallest absolute Gasteiger partial charge is 0.222 e. The summed E-state index contributed by atoms with van der Waals surface area (Å²) in [6.45, 7) is 7.05. The van der Waals surface area contributed by atoms with Crippen LogP contribution >= 0.6 is 0 Å². The molecule has 0 aliphatic carbocycles. The fourth-order valence-electron chi connectivity index (χ4n) is 4.15. The largest absolute Gasteiger partial charge is 0.490 e. The maximum Gasteiger partial charge on any atom is 0.222 e. The van der Waals surface area contributed by atoms with Crippen molar-refractivity contribution in [2.24, 2.45) is 0 Å². The first-order valence-corrected chi connectivity index (χ1v) is 11.0. The minimum Gasteiger partial charge on any atom is -0.490 e. The van der Waals surface area contributed by atoms with Gasteiger partial charge in [0.1, 0.15) is 11.9 Å². The van der Waals surface area contributed by atoms with Gasteiger partial charge in [-0.15, -0.1) is 0 Å². The number of hydrogen-bond donors (Lipinski definition) is 0. The van der Waals surface area contributed by atoms with E-state index in [1.807, 2.05) is 23.1 Å². The molecule has 4 rings (SSSR count). The number of benzene rings is 2. The van der Waals surface area contributed by atoms with Crippen LogP contribution in [0.3, 0.4) is 0 Å². The average molecular weight is 410 g/mol. The lowest BCUT2D eigenvalue weighted by molar-refractivity contribution is -0.132. The highest BCUT2D eigenvalue weighted by Crippen LogP contribution is 2.31. The molecule has 2 aromatic carbocycles. The quantitative estimate of drug-likeness (QED) is 0.731. The Labute approximate surface area is 178 Å². The minimum absolute atomic E-state index is 0.176. The van der Waals surface area contributed by atoms with Crippen LogP contribution in [0.15, 0.2) is 36.4 Å². The van der Waals surface area contributed by atoms with Crippen molar-refractivity contribution in [3.63, 3.8) is 0 Å². The molecule has 2 heterocycles. The summed E-state index contributed by atoms with van der Waals surface area (Å²) in [5.41, 5.74) is 3.45. The maximum atomic E-state index is 12.7. The van der Waals surface area contributed by atoms with Gasteiger partial charge in [0, 0.05) is 38.8 Å². The first-order valence-electron chi connectivity index (χ1n) is 11.0. The number of rotatable bonds is 5. The minimum atomic E-state index is 0.176. The number of hydrogen-bond acceptors (Lipinski definition) is 4. The lowest BCUT2D eigenvalue weighted by atomic mass is 10.0. The predicted octanol–water partition coefficient (Wildman–Crippen LogP) is 4.47. The summed E-state index contributed by atoms with van der Waals surface area (Å²) in [5.74, 6) is 2.81. The van der Waals surface area contributed by atoms with Crippen molar-refractivity contribution >= 4 is 5.91 Å². The molecule has 2 aromatic rings. The van der Waals surface area contributed by atoms with Gasteiger partial charge >= 0.3 is 0 Å². The van der Waals surface area contributed by atoms with E-state index in [1.54, 1.807) is 0 Å². The van der Waals surface area contributed by atoms with Crippen molar-refractivity contribution in [1.29, 1.82) is 0 Å². The van der Waals surface area contributed by atoms with Crippen molar-refractivity contribution < 1.29 is 19.0 Å². The second-order valence-electron chi connectivity index (χ2n) is 8.25. The van der Waals surface area contributed by atoms with Crippen LogP contribution in [0.25, 0.3) is 0 Å². The number of nitrogens with zero attached hydrogens (tertiary/aromatic N) is 1. The Morgan fingerprint density at radius 1 is 1.03 bits per heavy atom. The van der Waals surface area contributed by atoms with E-state index in [2.05, 4.69) is 32.0 Å². The van der Waals surface area contributed by atoms with Gasteiger partial charge in [-0.1, -0.05) is 24.3 Å². The first-order chi connectivity index (χ1) is 14.6. The highest BCUT2D eigenvalue weighted by atomic mass is 16.5. The average Bonchev–Trinajstić information content (AvgIpc) is 3.00. The molecule has 0 unspecified atom stereocenters. The number of ether oxygens (including phenoxy) is 3. The third kappa shape index (κ3) is 4.89. The highest BCUT2D eigenvalue weighted by molar-refractivity contribution is 5.76. The third-order valence-corrected chi connectivity index (χ3v) is 5.93. The molecule has 160 valence electrons. The second-order valence-corrected chi connectivity index (χ2v) is 8.25. The molecule has 0 bridgehead atoms. The molecule has 5 nitrogen and oxygen atoms in total. The predicted molar refractivity (Wildman–Crippen MR) is 117 cm³/mol. The summed E-state index contributed by atoms with van der Waals surface area (Å²) in [6, 6.07) is 12.2. The number of likely N-dealkylation sites (tertiary alicyclic amines) is 1. The molecule has 2 aliphatic heterocycles. The molecule has 0 aromatic heterocycles. The van der Waals surface area contributed by atoms with Crippen molar-refractivity contribution in [2.45, 2.75) is 52.1 Å². The molecule has 0 saturated carbocycles. The number of carbonyl (C=O) groups is 1. The Kier molecular flexibility index (Phi) is 6.46. The number of piperidine rings is 1. The number of amides is 1. The summed E-state index contributed by atoms with van der Waals surface area (Å²) in [5, 5.41) is 0. The van der Waals surface area contributed by atoms with E-state index in [4.69, 9.17) is 14.2 Å². The van der Waals surface area contributed by atoms with Gasteiger partial charge in [-0.25, -0.2) is 0 Å².